The van der Waals surface area contributed by atoms with E-state index in [-0.39, 0.29) is 36.0 Å². The van der Waals surface area contributed by atoms with Crippen molar-refractivity contribution in [1.29, 1.82) is 0 Å². The number of rotatable bonds is 7. The molecular formula is C12H21F3N2O3S. The molecule has 0 aromatic heterocycles. The monoisotopic (exact) mass is 330 g/mol. The first kappa shape index (κ1) is 19.9. The molecule has 21 heavy (non-hydrogen) atoms. The highest BCUT2D eigenvalue weighted by Crippen LogP contribution is 2.29. The van der Waals surface area contributed by atoms with Gasteiger partial charge in [0.25, 0.3) is 0 Å². The maximum Gasteiger partial charge on any atom is 0.441 e. The Morgan fingerprint density at radius 2 is 1.76 bits per heavy atom. The first-order valence-corrected chi connectivity index (χ1v) is 7.34. The van der Waals surface area contributed by atoms with E-state index in [9.17, 15) is 22.8 Å². The summed E-state index contributed by atoms with van der Waals surface area (Å²) in [6, 6.07) is -0.669. The number of carboxylic acids is 1. The van der Waals surface area contributed by atoms with Crippen LogP contribution in [0.15, 0.2) is 0 Å². The average Bonchev–Trinajstić information content (AvgIpc) is 2.27. The lowest BCUT2D eigenvalue weighted by Crippen LogP contribution is -2.41. The Morgan fingerprint density at radius 1 is 1.19 bits per heavy atom. The van der Waals surface area contributed by atoms with Gasteiger partial charge in [0, 0.05) is 18.8 Å². The SMILES string of the molecule is CC(C)(C)CC(CNC(=O)NCCSC(F)(F)F)C(=O)O. The van der Waals surface area contributed by atoms with Gasteiger partial charge in [-0.1, -0.05) is 20.8 Å². The zero-order valence-electron chi connectivity index (χ0n) is 12.2. The van der Waals surface area contributed by atoms with Gasteiger partial charge in [-0.05, 0) is 23.6 Å². The first-order chi connectivity index (χ1) is 9.41. The highest BCUT2D eigenvalue weighted by molar-refractivity contribution is 8.00. The number of aliphatic carboxylic acids is 1. The summed E-state index contributed by atoms with van der Waals surface area (Å²) in [6.07, 6.45) is 0.381. The molecule has 0 saturated heterocycles. The number of carboxylic acid groups (broad SMARTS) is 1. The van der Waals surface area contributed by atoms with Gasteiger partial charge >= 0.3 is 17.5 Å². The third-order valence-corrected chi connectivity index (χ3v) is 3.11. The van der Waals surface area contributed by atoms with E-state index in [2.05, 4.69) is 10.6 Å². The predicted molar refractivity (Wildman–Crippen MR) is 75.1 cm³/mol. The molecule has 0 heterocycles. The topological polar surface area (TPSA) is 78.4 Å². The maximum absolute atomic E-state index is 11.8. The Labute approximate surface area is 126 Å². The fraction of sp³-hybridized carbons (Fsp3) is 0.833. The Hall–Kier alpha value is -1.12. The minimum Gasteiger partial charge on any atom is -0.481 e. The molecule has 1 atom stereocenters. The van der Waals surface area contributed by atoms with Crippen LogP contribution >= 0.6 is 11.8 Å². The fourth-order valence-corrected chi connectivity index (χ4v) is 2.03. The number of thioether (sulfide) groups is 1. The van der Waals surface area contributed by atoms with E-state index in [4.69, 9.17) is 5.11 Å². The van der Waals surface area contributed by atoms with Crippen molar-refractivity contribution in [2.45, 2.75) is 32.7 Å². The van der Waals surface area contributed by atoms with Crippen molar-refractivity contribution in [1.82, 2.24) is 10.6 Å². The van der Waals surface area contributed by atoms with Gasteiger partial charge in [0.15, 0.2) is 0 Å². The van der Waals surface area contributed by atoms with Crippen LogP contribution in [0.25, 0.3) is 0 Å². The number of urea groups is 1. The molecule has 0 aromatic rings. The molecule has 0 aliphatic rings. The Morgan fingerprint density at radius 3 is 2.19 bits per heavy atom. The summed E-state index contributed by atoms with van der Waals surface area (Å²) in [4.78, 5) is 22.4. The third-order valence-electron chi connectivity index (χ3n) is 2.37. The number of carbonyl (C=O) groups is 2. The summed E-state index contributed by atoms with van der Waals surface area (Å²) < 4.78 is 35.5. The van der Waals surface area contributed by atoms with Gasteiger partial charge in [-0.25, -0.2) is 4.79 Å². The molecule has 0 fully saturated rings. The molecule has 2 amide bonds. The Bertz CT molecular complexity index is 357. The minimum absolute atomic E-state index is 0.0646. The second-order valence-corrected chi connectivity index (χ2v) is 6.89. The summed E-state index contributed by atoms with van der Waals surface area (Å²) in [7, 11) is 0. The van der Waals surface area contributed by atoms with Crippen LogP contribution in [-0.2, 0) is 4.79 Å². The lowest BCUT2D eigenvalue weighted by atomic mass is 9.84. The maximum atomic E-state index is 11.8. The van der Waals surface area contributed by atoms with Crippen LogP contribution in [0.2, 0.25) is 0 Å². The fourth-order valence-electron chi connectivity index (χ4n) is 1.60. The van der Waals surface area contributed by atoms with Gasteiger partial charge in [-0.2, -0.15) is 13.2 Å². The van der Waals surface area contributed by atoms with Crippen molar-refractivity contribution >= 4 is 23.8 Å². The van der Waals surface area contributed by atoms with E-state index < -0.39 is 23.4 Å². The van der Waals surface area contributed by atoms with E-state index in [1.54, 1.807) is 0 Å². The van der Waals surface area contributed by atoms with Crippen molar-refractivity contribution in [2.75, 3.05) is 18.8 Å². The number of carbonyl (C=O) groups excluding carboxylic acids is 1. The molecule has 0 rings (SSSR count). The zero-order valence-corrected chi connectivity index (χ0v) is 13.0. The van der Waals surface area contributed by atoms with E-state index in [1.807, 2.05) is 20.8 Å². The normalized spacial score (nSPS) is 13.6. The van der Waals surface area contributed by atoms with Crippen LogP contribution in [0, 0.1) is 11.3 Å². The number of alkyl halides is 3. The number of hydrogen-bond acceptors (Lipinski definition) is 3. The van der Waals surface area contributed by atoms with Crippen LogP contribution in [-0.4, -0.2) is 41.5 Å². The van der Waals surface area contributed by atoms with Crippen molar-refractivity contribution < 1.29 is 27.9 Å². The summed E-state index contributed by atoms with van der Waals surface area (Å²) in [6.45, 7) is 5.45. The van der Waals surface area contributed by atoms with Crippen LogP contribution in [0.1, 0.15) is 27.2 Å². The van der Waals surface area contributed by atoms with E-state index in [1.165, 1.54) is 0 Å². The molecule has 124 valence electrons. The Balaban J connectivity index is 4.01. The molecule has 0 spiro atoms. The predicted octanol–water partition coefficient (Wildman–Crippen LogP) is 2.68. The smallest absolute Gasteiger partial charge is 0.441 e. The molecule has 9 heteroatoms. The summed E-state index contributed by atoms with van der Waals surface area (Å²) in [5, 5.41) is 13.7. The quantitative estimate of drug-likeness (QED) is 0.627. The molecule has 3 N–H and O–H groups in total. The summed E-state index contributed by atoms with van der Waals surface area (Å²) in [5.41, 5.74) is -4.52. The van der Waals surface area contributed by atoms with Crippen molar-refractivity contribution in [2.24, 2.45) is 11.3 Å². The molecule has 0 saturated carbocycles. The number of nitrogens with one attached hydrogen (secondary N) is 2. The molecule has 0 aliphatic heterocycles. The van der Waals surface area contributed by atoms with Crippen molar-refractivity contribution in [3.05, 3.63) is 0 Å². The summed E-state index contributed by atoms with van der Waals surface area (Å²) >= 11 is -0.224. The number of halogens is 3. The Kier molecular flexibility index (Phi) is 7.91. The van der Waals surface area contributed by atoms with Gasteiger partial charge < -0.3 is 15.7 Å². The van der Waals surface area contributed by atoms with E-state index >= 15 is 0 Å². The van der Waals surface area contributed by atoms with Gasteiger partial charge in [0.05, 0.1) is 5.92 Å². The lowest BCUT2D eigenvalue weighted by molar-refractivity contribution is -0.142. The molecule has 0 aliphatic carbocycles. The van der Waals surface area contributed by atoms with E-state index in [0.29, 0.717) is 6.42 Å². The molecule has 0 aromatic carbocycles. The number of amides is 2. The van der Waals surface area contributed by atoms with E-state index in [0.717, 1.165) is 0 Å². The van der Waals surface area contributed by atoms with Crippen LogP contribution in [0.5, 0.6) is 0 Å². The second kappa shape index (κ2) is 8.35. The summed E-state index contributed by atoms with van der Waals surface area (Å²) in [5.74, 6) is -2.04. The molecule has 0 bridgehead atoms. The van der Waals surface area contributed by atoms with Gasteiger partial charge in [0.1, 0.15) is 0 Å². The van der Waals surface area contributed by atoms with Crippen LogP contribution in [0.3, 0.4) is 0 Å². The standard InChI is InChI=1S/C12H21F3N2O3S/c1-11(2,3)6-8(9(18)19)7-17-10(20)16-4-5-21-12(13,14)15/h8H,4-7H2,1-3H3,(H,18,19)(H2,16,17,20). The zero-order chi connectivity index (χ0) is 16.7. The average molecular weight is 330 g/mol. The van der Waals surface area contributed by atoms with Crippen LogP contribution < -0.4 is 10.6 Å². The second-order valence-electron chi connectivity index (χ2n) is 5.73. The molecule has 5 nitrogen and oxygen atoms in total. The largest absolute Gasteiger partial charge is 0.481 e. The third kappa shape index (κ3) is 12.3. The first-order valence-electron chi connectivity index (χ1n) is 6.36. The molecule has 0 radical (unpaired) electrons. The number of hydrogen-bond donors (Lipinski definition) is 3. The van der Waals surface area contributed by atoms with Crippen LogP contribution in [0.4, 0.5) is 18.0 Å². The van der Waals surface area contributed by atoms with Gasteiger partial charge in [0.2, 0.25) is 0 Å². The highest BCUT2D eigenvalue weighted by atomic mass is 32.2. The van der Waals surface area contributed by atoms with Crippen molar-refractivity contribution in [3.8, 4) is 0 Å². The molecular weight excluding hydrogens is 309 g/mol. The minimum atomic E-state index is -4.32. The van der Waals surface area contributed by atoms with Crippen molar-refractivity contribution in [3.63, 3.8) is 0 Å². The highest BCUT2D eigenvalue weighted by Gasteiger charge is 2.27. The van der Waals surface area contributed by atoms with Gasteiger partial charge in [-0.15, -0.1) is 0 Å². The van der Waals surface area contributed by atoms with Gasteiger partial charge in [-0.3, -0.25) is 4.79 Å². The molecule has 1 unspecified atom stereocenters. The lowest BCUT2D eigenvalue weighted by Gasteiger charge is -2.23.